The first kappa shape index (κ1) is 25.7. The number of amides is 2. The van der Waals surface area contributed by atoms with Crippen molar-refractivity contribution in [3.05, 3.63) is 65.2 Å². The lowest BCUT2D eigenvalue weighted by atomic mass is 9.83. The Kier molecular flexibility index (Phi) is 8.62. The van der Waals surface area contributed by atoms with Crippen molar-refractivity contribution >= 4 is 17.8 Å². The Bertz CT molecular complexity index is 1080. The van der Waals surface area contributed by atoms with Crippen LogP contribution in [0.15, 0.2) is 48.5 Å². The summed E-state index contributed by atoms with van der Waals surface area (Å²) < 4.78 is 11.1. The predicted octanol–water partition coefficient (Wildman–Crippen LogP) is 4.51. The van der Waals surface area contributed by atoms with Crippen molar-refractivity contribution in [3.8, 4) is 5.75 Å². The van der Waals surface area contributed by atoms with Crippen molar-refractivity contribution in [1.29, 1.82) is 0 Å². The number of fused-ring (bicyclic) bond motifs is 1. The van der Waals surface area contributed by atoms with Crippen LogP contribution in [0.5, 0.6) is 5.75 Å². The molecule has 1 saturated heterocycles. The minimum absolute atomic E-state index is 0.0251. The van der Waals surface area contributed by atoms with Crippen molar-refractivity contribution in [1.82, 2.24) is 10.2 Å². The lowest BCUT2D eigenvalue weighted by molar-refractivity contribution is -0.160. The molecule has 2 amide bonds. The Morgan fingerprint density at radius 2 is 1.78 bits per heavy atom. The highest BCUT2D eigenvalue weighted by molar-refractivity contribution is 5.85. The molecule has 0 aromatic heterocycles. The van der Waals surface area contributed by atoms with E-state index in [0.717, 1.165) is 43.2 Å². The van der Waals surface area contributed by atoms with Gasteiger partial charge in [0.2, 0.25) is 5.91 Å². The van der Waals surface area contributed by atoms with Gasteiger partial charge in [-0.05, 0) is 49.3 Å². The number of benzene rings is 2. The van der Waals surface area contributed by atoms with Crippen molar-refractivity contribution in [2.45, 2.75) is 64.0 Å². The van der Waals surface area contributed by atoms with Gasteiger partial charge in [0.1, 0.15) is 5.75 Å². The largest absolute Gasteiger partial charge is 0.496 e. The quantitative estimate of drug-likeness (QED) is 0.521. The number of likely N-dealkylation sites (tertiary alicyclic amines) is 1. The number of nitrogens with one attached hydrogen (secondary N) is 1. The molecule has 0 saturated carbocycles. The van der Waals surface area contributed by atoms with Crippen LogP contribution in [0.1, 0.15) is 74.2 Å². The third-order valence-corrected chi connectivity index (χ3v) is 7.27. The summed E-state index contributed by atoms with van der Waals surface area (Å²) in [4.78, 5) is 40.8. The molecule has 7 nitrogen and oxygen atoms in total. The van der Waals surface area contributed by atoms with Crippen LogP contribution in [0.3, 0.4) is 0 Å². The fourth-order valence-electron chi connectivity index (χ4n) is 5.47. The van der Waals surface area contributed by atoms with E-state index in [9.17, 15) is 14.4 Å². The van der Waals surface area contributed by atoms with Crippen LogP contribution >= 0.6 is 0 Å². The van der Waals surface area contributed by atoms with Gasteiger partial charge >= 0.3 is 5.97 Å². The van der Waals surface area contributed by atoms with E-state index < -0.39 is 17.9 Å². The number of carbonyl (C=O) groups excluding carboxylic acids is 3. The molecule has 1 aliphatic heterocycles. The molecule has 0 spiro atoms. The topological polar surface area (TPSA) is 84.9 Å². The van der Waals surface area contributed by atoms with Crippen LogP contribution in [-0.4, -0.2) is 42.9 Å². The molecule has 1 aliphatic carbocycles. The van der Waals surface area contributed by atoms with Crippen molar-refractivity contribution in [2.24, 2.45) is 5.92 Å². The highest BCUT2D eigenvalue weighted by Crippen LogP contribution is 2.41. The summed E-state index contributed by atoms with van der Waals surface area (Å²) >= 11 is 0. The molecular weight excluding hydrogens is 456 g/mol. The summed E-state index contributed by atoms with van der Waals surface area (Å²) in [6.07, 6.45) is 5.31. The first-order chi connectivity index (χ1) is 17.5. The zero-order valence-electron chi connectivity index (χ0n) is 21.2. The average Bonchev–Trinajstić information content (AvgIpc) is 2.91. The van der Waals surface area contributed by atoms with E-state index in [2.05, 4.69) is 18.3 Å². The molecule has 1 N–H and O–H groups in total. The van der Waals surface area contributed by atoms with Gasteiger partial charge in [-0.1, -0.05) is 55.8 Å². The lowest BCUT2D eigenvalue weighted by Crippen LogP contribution is -2.46. The molecule has 7 heteroatoms. The number of hydrogen-bond donors (Lipinski definition) is 1. The number of carbonyl (C=O) groups is 3. The molecule has 36 heavy (non-hydrogen) atoms. The van der Waals surface area contributed by atoms with Gasteiger partial charge < -0.3 is 19.7 Å². The molecule has 4 rings (SSSR count). The van der Waals surface area contributed by atoms with E-state index in [1.54, 1.807) is 12.0 Å². The number of hydrogen-bond acceptors (Lipinski definition) is 5. The van der Waals surface area contributed by atoms with E-state index >= 15 is 0 Å². The van der Waals surface area contributed by atoms with Crippen LogP contribution in [-0.2, 0) is 25.5 Å². The third kappa shape index (κ3) is 5.72. The van der Waals surface area contributed by atoms with E-state index in [4.69, 9.17) is 9.47 Å². The van der Waals surface area contributed by atoms with Gasteiger partial charge in [-0.25, -0.2) is 0 Å². The number of aryl methyl sites for hydroxylation is 1. The van der Waals surface area contributed by atoms with Crippen molar-refractivity contribution in [3.63, 3.8) is 0 Å². The SMILES string of the molecule is CCCCN1C(=O)CCC(C(=O)OCC(=O)NC2CCCc3ccccc32)C1c1ccccc1OC. The maximum Gasteiger partial charge on any atom is 0.311 e. The minimum Gasteiger partial charge on any atom is -0.496 e. The molecule has 2 aliphatic rings. The zero-order valence-corrected chi connectivity index (χ0v) is 21.2. The Morgan fingerprint density at radius 3 is 2.56 bits per heavy atom. The maximum atomic E-state index is 13.3. The lowest BCUT2D eigenvalue weighted by Gasteiger charge is -2.40. The van der Waals surface area contributed by atoms with Gasteiger partial charge in [0.05, 0.1) is 25.1 Å². The maximum absolute atomic E-state index is 13.3. The van der Waals surface area contributed by atoms with E-state index in [0.29, 0.717) is 18.7 Å². The number of methoxy groups -OCH3 is 1. The smallest absolute Gasteiger partial charge is 0.311 e. The normalized spacial score (nSPS) is 21.4. The van der Waals surface area contributed by atoms with Crippen LogP contribution in [0.2, 0.25) is 0 Å². The minimum atomic E-state index is -0.570. The van der Waals surface area contributed by atoms with Crippen LogP contribution < -0.4 is 10.1 Å². The molecule has 1 fully saturated rings. The molecule has 2 aromatic carbocycles. The first-order valence-corrected chi connectivity index (χ1v) is 13.0. The number of unbranched alkanes of at least 4 members (excludes halogenated alkanes) is 1. The zero-order chi connectivity index (χ0) is 25.5. The Morgan fingerprint density at radius 1 is 1.03 bits per heavy atom. The Balaban J connectivity index is 1.47. The van der Waals surface area contributed by atoms with Crippen molar-refractivity contribution in [2.75, 3.05) is 20.3 Å². The molecule has 192 valence electrons. The second kappa shape index (κ2) is 12.1. The summed E-state index contributed by atoms with van der Waals surface area (Å²) in [6, 6.07) is 15.1. The van der Waals surface area contributed by atoms with E-state index in [1.807, 2.05) is 42.5 Å². The molecule has 3 unspecified atom stereocenters. The molecule has 0 radical (unpaired) electrons. The standard InChI is InChI=1S/C29H36N2O5/c1-3-4-18-31-27(33)17-16-23(28(31)22-13-7-8-15-25(22)35-2)29(34)36-19-26(32)30-24-14-9-11-20-10-5-6-12-21(20)24/h5-8,10,12-13,15,23-24,28H,3-4,9,11,14,16-19H2,1-2H3,(H,30,32). The summed E-state index contributed by atoms with van der Waals surface area (Å²) in [5, 5.41) is 3.04. The highest BCUT2D eigenvalue weighted by atomic mass is 16.5. The van der Waals surface area contributed by atoms with Gasteiger partial charge in [0, 0.05) is 18.5 Å². The fraction of sp³-hybridized carbons (Fsp3) is 0.483. The predicted molar refractivity (Wildman–Crippen MR) is 136 cm³/mol. The third-order valence-electron chi connectivity index (χ3n) is 7.27. The second-order valence-corrected chi connectivity index (χ2v) is 9.59. The number of para-hydroxylation sites is 1. The molecule has 3 atom stereocenters. The monoisotopic (exact) mass is 492 g/mol. The van der Waals surface area contributed by atoms with Gasteiger partial charge in [-0.2, -0.15) is 0 Å². The van der Waals surface area contributed by atoms with Crippen LogP contribution in [0.4, 0.5) is 0 Å². The summed E-state index contributed by atoms with van der Waals surface area (Å²) in [5.41, 5.74) is 3.18. The van der Waals surface area contributed by atoms with E-state index in [1.165, 1.54) is 5.56 Å². The highest BCUT2D eigenvalue weighted by Gasteiger charge is 2.42. The number of rotatable bonds is 9. The second-order valence-electron chi connectivity index (χ2n) is 9.59. The fourth-order valence-corrected chi connectivity index (χ4v) is 5.47. The number of esters is 1. The number of ether oxygens (including phenoxy) is 2. The van der Waals surface area contributed by atoms with Gasteiger partial charge in [0.15, 0.2) is 6.61 Å². The Hall–Kier alpha value is -3.35. The van der Waals surface area contributed by atoms with Gasteiger partial charge in [-0.3, -0.25) is 14.4 Å². The summed E-state index contributed by atoms with van der Waals surface area (Å²) in [6.45, 7) is 2.29. The average molecular weight is 493 g/mol. The summed E-state index contributed by atoms with van der Waals surface area (Å²) in [7, 11) is 1.58. The van der Waals surface area contributed by atoms with E-state index in [-0.39, 0.29) is 30.9 Å². The molecule has 1 heterocycles. The molecule has 0 bridgehead atoms. The van der Waals surface area contributed by atoms with Gasteiger partial charge in [0.25, 0.3) is 5.91 Å². The molecule has 2 aromatic rings. The van der Waals surface area contributed by atoms with Crippen molar-refractivity contribution < 1.29 is 23.9 Å². The Labute approximate surface area is 213 Å². The first-order valence-electron chi connectivity index (χ1n) is 13.0. The number of nitrogens with zero attached hydrogens (tertiary/aromatic N) is 1. The number of piperidine rings is 1. The van der Waals surface area contributed by atoms with Gasteiger partial charge in [-0.15, -0.1) is 0 Å². The van der Waals surface area contributed by atoms with Crippen LogP contribution in [0.25, 0.3) is 0 Å². The molecular formula is C29H36N2O5. The summed E-state index contributed by atoms with van der Waals surface area (Å²) in [5.74, 6) is -0.686. The van der Waals surface area contributed by atoms with Crippen LogP contribution in [0, 0.1) is 5.92 Å².